The molecule has 0 saturated carbocycles. The van der Waals surface area contributed by atoms with Crippen molar-refractivity contribution in [2.45, 2.75) is 12.5 Å². The Morgan fingerprint density at radius 1 is 1.50 bits per heavy atom. The van der Waals surface area contributed by atoms with Crippen LogP contribution in [0.5, 0.6) is 0 Å². The van der Waals surface area contributed by atoms with Gasteiger partial charge in [0.05, 0.1) is 0 Å². The van der Waals surface area contributed by atoms with E-state index in [1.165, 1.54) is 0 Å². The van der Waals surface area contributed by atoms with E-state index >= 15 is 0 Å². The predicted molar refractivity (Wildman–Crippen MR) is 70.7 cm³/mol. The molecule has 1 rings (SSSR count). The molecule has 1 aromatic carbocycles. The van der Waals surface area contributed by atoms with Crippen LogP contribution in [0.3, 0.4) is 0 Å². The van der Waals surface area contributed by atoms with Gasteiger partial charge in [0.15, 0.2) is 0 Å². The number of halogens is 2. The third kappa shape index (κ3) is 4.03. The molecular weight excluding hydrogens is 291 g/mol. The summed E-state index contributed by atoms with van der Waals surface area (Å²) in [6, 6.07) is 5.79. The number of nitrogens with one attached hydrogen (secondary N) is 1. The molecule has 1 aromatic rings. The smallest absolute Gasteiger partial charge is 0.0465 e. The molecule has 4 N–H and O–H groups in total. The summed E-state index contributed by atoms with van der Waals surface area (Å²) in [5.41, 5.74) is 6.69. The summed E-state index contributed by atoms with van der Waals surface area (Å²) in [5, 5.41) is 12.7. The zero-order valence-corrected chi connectivity index (χ0v) is 11.3. The number of aliphatic hydroxyl groups excluding tert-OH is 1. The van der Waals surface area contributed by atoms with Crippen LogP contribution in [-0.2, 0) is 0 Å². The lowest BCUT2D eigenvalue weighted by Crippen LogP contribution is -2.29. The molecule has 0 aliphatic heterocycles. The van der Waals surface area contributed by atoms with Gasteiger partial charge in [-0.2, -0.15) is 0 Å². The Kier molecular flexibility index (Phi) is 6.31. The summed E-state index contributed by atoms with van der Waals surface area (Å²) in [6.45, 7) is 1.38. The minimum absolute atomic E-state index is 0.0344. The topological polar surface area (TPSA) is 58.3 Å². The van der Waals surface area contributed by atoms with Crippen molar-refractivity contribution < 1.29 is 5.11 Å². The van der Waals surface area contributed by atoms with Gasteiger partial charge in [0.1, 0.15) is 0 Å². The molecule has 0 bridgehead atoms. The summed E-state index contributed by atoms with van der Waals surface area (Å²) in [5.74, 6) is 0. The third-order valence-electron chi connectivity index (χ3n) is 2.30. The highest BCUT2D eigenvalue weighted by Crippen LogP contribution is 2.26. The zero-order valence-electron chi connectivity index (χ0n) is 8.92. The van der Waals surface area contributed by atoms with Crippen molar-refractivity contribution in [1.29, 1.82) is 0 Å². The zero-order chi connectivity index (χ0) is 12.0. The normalized spacial score (nSPS) is 12.8. The molecule has 5 heteroatoms. The van der Waals surface area contributed by atoms with E-state index in [0.717, 1.165) is 16.6 Å². The third-order valence-corrected chi connectivity index (χ3v) is 3.12. The van der Waals surface area contributed by atoms with E-state index in [2.05, 4.69) is 21.2 Å². The van der Waals surface area contributed by atoms with Gasteiger partial charge in [0.25, 0.3) is 0 Å². The van der Waals surface area contributed by atoms with Crippen molar-refractivity contribution in [3.63, 3.8) is 0 Å². The van der Waals surface area contributed by atoms with Gasteiger partial charge in [-0.1, -0.05) is 33.6 Å². The quantitative estimate of drug-likeness (QED) is 0.705. The van der Waals surface area contributed by atoms with E-state index in [-0.39, 0.29) is 12.6 Å². The highest BCUT2D eigenvalue weighted by molar-refractivity contribution is 9.10. The Morgan fingerprint density at radius 2 is 2.25 bits per heavy atom. The first-order valence-corrected chi connectivity index (χ1v) is 6.35. The lowest BCUT2D eigenvalue weighted by atomic mass is 10.1. The van der Waals surface area contributed by atoms with Crippen molar-refractivity contribution in [2.24, 2.45) is 5.73 Å². The fraction of sp³-hybridized carbons (Fsp3) is 0.455. The second-order valence-electron chi connectivity index (χ2n) is 3.49. The van der Waals surface area contributed by atoms with Crippen molar-refractivity contribution in [1.82, 2.24) is 5.32 Å². The molecule has 0 aromatic heterocycles. The number of aliphatic hydroxyl groups is 1. The highest BCUT2D eigenvalue weighted by atomic mass is 79.9. The van der Waals surface area contributed by atoms with Crippen LogP contribution in [0.1, 0.15) is 18.0 Å². The van der Waals surface area contributed by atoms with Crippen LogP contribution in [0.2, 0.25) is 5.02 Å². The van der Waals surface area contributed by atoms with E-state index in [1.54, 1.807) is 0 Å². The maximum absolute atomic E-state index is 8.71. The van der Waals surface area contributed by atoms with Crippen LogP contribution in [0.15, 0.2) is 22.7 Å². The minimum Gasteiger partial charge on any atom is -0.396 e. The van der Waals surface area contributed by atoms with E-state index in [1.807, 2.05) is 18.2 Å². The summed E-state index contributed by atoms with van der Waals surface area (Å²) in [4.78, 5) is 0. The summed E-state index contributed by atoms with van der Waals surface area (Å²) < 4.78 is 0.951. The van der Waals surface area contributed by atoms with Crippen LogP contribution in [0.25, 0.3) is 0 Å². The first kappa shape index (κ1) is 13.9. The second kappa shape index (κ2) is 7.25. The molecule has 0 heterocycles. The van der Waals surface area contributed by atoms with E-state index in [9.17, 15) is 0 Å². The van der Waals surface area contributed by atoms with Crippen LogP contribution in [0, 0.1) is 0 Å². The van der Waals surface area contributed by atoms with E-state index in [0.29, 0.717) is 18.0 Å². The van der Waals surface area contributed by atoms with Gasteiger partial charge in [0.2, 0.25) is 0 Å². The van der Waals surface area contributed by atoms with Crippen LogP contribution in [-0.4, -0.2) is 24.8 Å². The summed E-state index contributed by atoms with van der Waals surface area (Å²) in [6.07, 6.45) is 0.713. The van der Waals surface area contributed by atoms with Gasteiger partial charge in [-0.05, 0) is 30.7 Å². The number of benzene rings is 1. The molecule has 0 aliphatic rings. The average Bonchev–Trinajstić information content (AvgIpc) is 2.26. The molecule has 0 aliphatic carbocycles. The Hall–Kier alpha value is -0.130. The lowest BCUT2D eigenvalue weighted by Gasteiger charge is -2.18. The minimum atomic E-state index is 0.0344. The number of hydrogen-bond donors (Lipinski definition) is 3. The molecule has 0 spiro atoms. The van der Waals surface area contributed by atoms with Crippen molar-refractivity contribution in [3.05, 3.63) is 33.3 Å². The maximum atomic E-state index is 8.71. The Bertz CT molecular complexity index is 336. The molecule has 0 saturated heterocycles. The molecule has 3 nitrogen and oxygen atoms in total. The Balaban J connectivity index is 2.70. The average molecular weight is 308 g/mol. The monoisotopic (exact) mass is 306 g/mol. The molecule has 1 unspecified atom stereocenters. The first-order chi connectivity index (χ1) is 7.69. The van der Waals surface area contributed by atoms with Crippen molar-refractivity contribution >= 4 is 27.5 Å². The standard InChI is InChI=1S/C11H16BrClN2O/c12-8-2-3-9(10(13)6-8)11(7-14)15-4-1-5-16/h2-3,6,11,15-16H,1,4-5,7,14H2. The molecule has 16 heavy (non-hydrogen) atoms. The summed E-state index contributed by atoms with van der Waals surface area (Å²) >= 11 is 9.50. The molecule has 0 amide bonds. The first-order valence-electron chi connectivity index (χ1n) is 5.18. The fourth-order valence-electron chi connectivity index (χ4n) is 1.46. The highest BCUT2D eigenvalue weighted by Gasteiger charge is 2.12. The predicted octanol–water partition coefficient (Wildman–Crippen LogP) is 2.07. The van der Waals surface area contributed by atoms with E-state index in [4.69, 9.17) is 22.4 Å². The number of hydrogen-bond acceptors (Lipinski definition) is 3. The van der Waals surface area contributed by atoms with Gasteiger partial charge < -0.3 is 16.2 Å². The van der Waals surface area contributed by atoms with Gasteiger partial charge in [-0.15, -0.1) is 0 Å². The molecular formula is C11H16BrClN2O. The molecule has 1 atom stereocenters. The Morgan fingerprint density at radius 3 is 2.81 bits per heavy atom. The summed E-state index contributed by atoms with van der Waals surface area (Å²) in [7, 11) is 0. The largest absolute Gasteiger partial charge is 0.396 e. The van der Waals surface area contributed by atoms with Gasteiger partial charge in [0, 0.05) is 28.7 Å². The number of nitrogens with two attached hydrogens (primary N) is 1. The maximum Gasteiger partial charge on any atom is 0.0465 e. The van der Waals surface area contributed by atoms with Gasteiger partial charge in [-0.3, -0.25) is 0 Å². The van der Waals surface area contributed by atoms with E-state index < -0.39 is 0 Å². The van der Waals surface area contributed by atoms with Crippen LogP contribution < -0.4 is 11.1 Å². The van der Waals surface area contributed by atoms with Crippen molar-refractivity contribution in [2.75, 3.05) is 19.7 Å². The second-order valence-corrected chi connectivity index (χ2v) is 4.81. The molecule has 0 fully saturated rings. The Labute approximate surface area is 109 Å². The fourth-order valence-corrected chi connectivity index (χ4v) is 2.26. The number of rotatable bonds is 6. The van der Waals surface area contributed by atoms with Crippen LogP contribution in [0.4, 0.5) is 0 Å². The molecule has 90 valence electrons. The van der Waals surface area contributed by atoms with Crippen molar-refractivity contribution in [3.8, 4) is 0 Å². The van der Waals surface area contributed by atoms with Gasteiger partial charge >= 0.3 is 0 Å². The van der Waals surface area contributed by atoms with Gasteiger partial charge in [-0.25, -0.2) is 0 Å². The lowest BCUT2D eigenvalue weighted by molar-refractivity contribution is 0.283. The van der Waals surface area contributed by atoms with Crippen LogP contribution >= 0.6 is 27.5 Å². The SMILES string of the molecule is NCC(NCCCO)c1ccc(Br)cc1Cl. The molecule has 0 radical (unpaired) electrons.